The van der Waals surface area contributed by atoms with Gasteiger partial charge >= 0.3 is 23.9 Å². The molecule has 13 nitrogen and oxygen atoms in total. The van der Waals surface area contributed by atoms with Crippen LogP contribution in [-0.2, 0) is 38.1 Å². The Hall–Kier alpha value is -5.85. The summed E-state index contributed by atoms with van der Waals surface area (Å²) in [6, 6.07) is 10.2. The third-order valence-corrected chi connectivity index (χ3v) is 8.93. The average molecular weight is 863 g/mol. The quantitative estimate of drug-likeness (QED) is 0.0215. The number of esters is 4. The molecule has 0 N–H and O–H groups in total. The van der Waals surface area contributed by atoms with Crippen molar-refractivity contribution in [2.24, 2.45) is 0 Å². The molecule has 0 atom stereocenters. The highest BCUT2D eigenvalue weighted by molar-refractivity contribution is 6.12. The van der Waals surface area contributed by atoms with E-state index in [0.717, 1.165) is 38.5 Å². The number of benzene rings is 2. The van der Waals surface area contributed by atoms with E-state index in [2.05, 4.69) is 26.3 Å². The molecule has 2 aromatic rings. The minimum absolute atomic E-state index is 0.271. The van der Waals surface area contributed by atoms with Crippen molar-refractivity contribution in [2.45, 2.75) is 105 Å². The van der Waals surface area contributed by atoms with Crippen molar-refractivity contribution in [1.82, 2.24) is 0 Å². The van der Waals surface area contributed by atoms with Crippen molar-refractivity contribution in [3.8, 4) is 23.0 Å². The van der Waals surface area contributed by atoms with E-state index in [-0.39, 0.29) is 19.0 Å². The van der Waals surface area contributed by atoms with Crippen molar-refractivity contribution in [1.29, 1.82) is 0 Å². The highest BCUT2D eigenvalue weighted by atomic mass is 16.5. The number of hydrogen-bond acceptors (Lipinski definition) is 13. The number of unbranched alkanes of at least 4 members (excludes halogenated alkanes) is 8. The molecule has 0 saturated carbocycles. The van der Waals surface area contributed by atoms with E-state index < -0.39 is 23.9 Å². The smallest absolute Gasteiger partial charge is 0.333 e. The Morgan fingerprint density at radius 2 is 0.629 bits per heavy atom. The van der Waals surface area contributed by atoms with Gasteiger partial charge in [0, 0.05) is 34.4 Å². The van der Waals surface area contributed by atoms with Crippen molar-refractivity contribution in [2.75, 3.05) is 52.9 Å². The molecule has 340 valence electrons. The van der Waals surface area contributed by atoms with E-state index >= 15 is 0 Å². The molecule has 0 fully saturated rings. The summed E-state index contributed by atoms with van der Waals surface area (Å²) in [4.78, 5) is 61.0. The molecule has 62 heavy (non-hydrogen) atoms. The van der Waals surface area contributed by atoms with Gasteiger partial charge in [0.2, 0.25) is 0 Å². The topological polar surface area (TPSA) is 159 Å². The highest BCUT2D eigenvalue weighted by Gasteiger charge is 2.21. The lowest BCUT2D eigenvalue weighted by atomic mass is 10.0. The van der Waals surface area contributed by atoms with Crippen molar-refractivity contribution in [3.63, 3.8) is 0 Å². The number of ether oxygens (including phenoxy) is 8. The Kier molecular flexibility index (Phi) is 25.5. The first-order chi connectivity index (χ1) is 29.7. The Morgan fingerprint density at radius 3 is 0.903 bits per heavy atom. The summed E-state index contributed by atoms with van der Waals surface area (Å²) >= 11 is 0. The van der Waals surface area contributed by atoms with E-state index in [1.54, 1.807) is 64.1 Å². The first-order valence-electron chi connectivity index (χ1n) is 21.4. The minimum atomic E-state index is -0.423. The van der Waals surface area contributed by atoms with Gasteiger partial charge in [0.25, 0.3) is 0 Å². The number of hydrogen-bond donors (Lipinski definition) is 0. The summed E-state index contributed by atoms with van der Waals surface area (Å²) < 4.78 is 45.2. The van der Waals surface area contributed by atoms with Gasteiger partial charge in [0.05, 0.1) is 64.0 Å². The summed E-state index contributed by atoms with van der Waals surface area (Å²) in [7, 11) is 0. The van der Waals surface area contributed by atoms with Gasteiger partial charge in [-0.15, -0.1) is 0 Å². The third kappa shape index (κ3) is 21.6. The zero-order valence-corrected chi connectivity index (χ0v) is 37.2. The lowest BCUT2D eigenvalue weighted by molar-refractivity contribution is -0.139. The fourth-order valence-corrected chi connectivity index (χ4v) is 5.36. The van der Waals surface area contributed by atoms with Gasteiger partial charge in [-0.2, -0.15) is 0 Å². The van der Waals surface area contributed by atoms with Crippen LogP contribution in [0.3, 0.4) is 0 Å². The second-order valence-corrected chi connectivity index (χ2v) is 14.9. The van der Waals surface area contributed by atoms with E-state index in [4.69, 9.17) is 37.9 Å². The minimum Gasteiger partial charge on any atom is -0.493 e. The van der Waals surface area contributed by atoms with Crippen LogP contribution in [0.4, 0.5) is 0 Å². The van der Waals surface area contributed by atoms with Crippen LogP contribution in [0.25, 0.3) is 0 Å². The molecule has 2 aromatic carbocycles. The zero-order valence-electron chi connectivity index (χ0n) is 37.2. The molecular weight excluding hydrogens is 797 g/mol. The van der Waals surface area contributed by atoms with Gasteiger partial charge in [-0.1, -0.05) is 26.3 Å². The fraction of sp³-hybridized carbons (Fsp3) is 0.490. The van der Waals surface area contributed by atoms with Crippen LogP contribution in [0.15, 0.2) is 85.0 Å². The first kappa shape index (κ1) is 52.3. The second kappa shape index (κ2) is 30.2. The predicted octanol–water partition coefficient (Wildman–Crippen LogP) is 9.59. The maximum absolute atomic E-state index is 14.4. The maximum Gasteiger partial charge on any atom is 0.333 e. The standard InChI is InChI=1S/C49H66O13/c1-35(2)46(51)59-29-17-9-13-25-55-39-21-23-41(43(33-39)57-27-15-11-19-31-61-48(53)37(5)6)45(50)42-24-22-40(56-26-14-10-18-30-60-47(52)36(3)4)34-44(42)58-28-16-12-20-32-62-49(54)38(7)8/h21-24,33-34H,1,3,5,7,9-20,25-32H2,2,4,6,8H3. The molecule has 0 aliphatic carbocycles. The molecule has 0 spiro atoms. The van der Waals surface area contributed by atoms with Crippen LogP contribution in [0.5, 0.6) is 23.0 Å². The van der Waals surface area contributed by atoms with Crippen LogP contribution < -0.4 is 18.9 Å². The molecular formula is C49H66O13. The van der Waals surface area contributed by atoms with E-state index in [1.165, 1.54) is 0 Å². The zero-order chi connectivity index (χ0) is 45.7. The highest BCUT2D eigenvalue weighted by Crippen LogP contribution is 2.33. The van der Waals surface area contributed by atoms with E-state index in [1.807, 2.05) is 0 Å². The lowest BCUT2D eigenvalue weighted by Crippen LogP contribution is -2.11. The summed E-state index contributed by atoms with van der Waals surface area (Å²) in [5, 5.41) is 0. The van der Waals surface area contributed by atoms with Gasteiger partial charge in [-0.05, 0) is 129 Å². The van der Waals surface area contributed by atoms with E-state index in [0.29, 0.717) is 135 Å². The Balaban J connectivity index is 2.19. The van der Waals surface area contributed by atoms with Crippen molar-refractivity contribution < 1.29 is 61.9 Å². The molecule has 0 saturated heterocycles. The maximum atomic E-state index is 14.4. The number of rotatable bonds is 34. The monoisotopic (exact) mass is 862 g/mol. The summed E-state index contributed by atoms with van der Waals surface area (Å²) in [6.45, 7) is 23.3. The Bertz CT molecular complexity index is 1700. The van der Waals surface area contributed by atoms with Crippen LogP contribution in [-0.4, -0.2) is 82.5 Å². The molecule has 0 heterocycles. The average Bonchev–Trinajstić information content (AvgIpc) is 3.24. The van der Waals surface area contributed by atoms with Crippen molar-refractivity contribution in [3.05, 3.63) is 96.1 Å². The molecule has 13 heteroatoms. The summed E-state index contributed by atoms with van der Waals surface area (Å²) in [5.41, 5.74) is 2.05. The molecule has 0 bridgehead atoms. The molecule has 0 aromatic heterocycles. The first-order valence-corrected chi connectivity index (χ1v) is 21.4. The van der Waals surface area contributed by atoms with Crippen LogP contribution in [0, 0.1) is 0 Å². The predicted molar refractivity (Wildman–Crippen MR) is 237 cm³/mol. The van der Waals surface area contributed by atoms with Crippen LogP contribution in [0.1, 0.15) is 121 Å². The number of carbonyl (C=O) groups is 5. The Labute approximate surface area is 367 Å². The fourth-order valence-electron chi connectivity index (χ4n) is 5.36. The lowest BCUT2D eigenvalue weighted by Gasteiger charge is -2.16. The number of carbonyl (C=O) groups excluding carboxylic acids is 5. The molecule has 0 radical (unpaired) electrons. The molecule has 0 aliphatic rings. The van der Waals surface area contributed by atoms with Gasteiger partial charge in [0.15, 0.2) is 5.78 Å². The number of ketones is 1. The van der Waals surface area contributed by atoms with Crippen LogP contribution in [0.2, 0.25) is 0 Å². The van der Waals surface area contributed by atoms with Gasteiger partial charge < -0.3 is 37.9 Å². The second-order valence-electron chi connectivity index (χ2n) is 14.9. The van der Waals surface area contributed by atoms with E-state index in [9.17, 15) is 24.0 Å². The van der Waals surface area contributed by atoms with Gasteiger partial charge in [-0.3, -0.25) is 4.79 Å². The van der Waals surface area contributed by atoms with Crippen molar-refractivity contribution >= 4 is 29.7 Å². The summed E-state index contributed by atoms with van der Waals surface area (Å²) in [5.74, 6) is -0.231. The summed E-state index contributed by atoms with van der Waals surface area (Å²) in [6.07, 6.45) is 8.39. The molecule has 2 rings (SSSR count). The third-order valence-electron chi connectivity index (χ3n) is 8.93. The largest absolute Gasteiger partial charge is 0.493 e. The van der Waals surface area contributed by atoms with Gasteiger partial charge in [0.1, 0.15) is 23.0 Å². The Morgan fingerprint density at radius 1 is 0.371 bits per heavy atom. The SMILES string of the molecule is C=C(C)C(=O)OCCCCCOc1ccc(C(=O)c2ccc(OCCCCCOC(=O)C(=C)C)cc2OCCCCCOC(=O)C(=C)C)c(OCCCCCOC(=O)C(=C)C)c1. The molecule has 0 unspecified atom stereocenters. The van der Waals surface area contributed by atoms with Crippen LogP contribution >= 0.6 is 0 Å². The van der Waals surface area contributed by atoms with Gasteiger partial charge in [-0.25, -0.2) is 19.2 Å². The molecule has 0 aliphatic heterocycles. The molecule has 0 amide bonds. The normalized spacial score (nSPS) is 10.5.